The summed E-state index contributed by atoms with van der Waals surface area (Å²) in [6, 6.07) is 7.45. The fourth-order valence-corrected chi connectivity index (χ4v) is 2.14. The van der Waals surface area contributed by atoms with Crippen molar-refractivity contribution in [2.45, 2.75) is 0 Å². The third kappa shape index (κ3) is 4.61. The molecule has 0 unspecified atom stereocenters. The number of aromatic hydroxyl groups is 1. The van der Waals surface area contributed by atoms with E-state index in [-0.39, 0.29) is 33.5 Å². The predicted molar refractivity (Wildman–Crippen MR) is 91.7 cm³/mol. The summed E-state index contributed by atoms with van der Waals surface area (Å²) in [5.41, 5.74) is -0.173. The monoisotopic (exact) mass is 380 g/mol. The molecule has 2 N–H and O–H groups in total. The standard InChI is InChI=1S/C16H13ClN2O7/c1-25-14-7-10(19(23)24)3-5-12(14)18-15(21)8-26-16(22)11-4-2-9(17)6-13(11)20/h2-7,20H,8H2,1H3,(H,18,21). The zero-order valence-corrected chi connectivity index (χ0v) is 14.1. The Bertz CT molecular complexity index is 870. The number of ether oxygens (including phenoxy) is 2. The van der Waals surface area contributed by atoms with Gasteiger partial charge in [0.1, 0.15) is 17.1 Å². The number of nitro benzene ring substituents is 1. The van der Waals surface area contributed by atoms with Crippen molar-refractivity contribution in [2.75, 3.05) is 19.0 Å². The molecule has 136 valence electrons. The van der Waals surface area contributed by atoms with Crippen molar-refractivity contribution in [3.8, 4) is 11.5 Å². The van der Waals surface area contributed by atoms with Crippen LogP contribution in [-0.4, -0.2) is 35.6 Å². The Balaban J connectivity index is 2.00. The van der Waals surface area contributed by atoms with Gasteiger partial charge in [0, 0.05) is 11.1 Å². The molecule has 0 fully saturated rings. The lowest BCUT2D eigenvalue weighted by Gasteiger charge is -2.10. The van der Waals surface area contributed by atoms with Crippen LogP contribution in [0.1, 0.15) is 10.4 Å². The highest BCUT2D eigenvalue weighted by molar-refractivity contribution is 6.30. The van der Waals surface area contributed by atoms with E-state index in [4.69, 9.17) is 21.1 Å². The topological polar surface area (TPSA) is 128 Å². The minimum atomic E-state index is -0.912. The van der Waals surface area contributed by atoms with Gasteiger partial charge in [-0.15, -0.1) is 0 Å². The normalized spacial score (nSPS) is 10.1. The molecule has 0 atom stereocenters. The number of phenolic OH excluding ortho intramolecular Hbond substituents is 1. The van der Waals surface area contributed by atoms with Crippen LogP contribution >= 0.6 is 11.6 Å². The number of nitro groups is 1. The number of methoxy groups -OCH3 is 1. The number of non-ortho nitro benzene ring substituents is 1. The first-order chi connectivity index (χ1) is 12.3. The number of benzene rings is 2. The van der Waals surface area contributed by atoms with Gasteiger partial charge in [-0.05, 0) is 24.3 Å². The molecular formula is C16H13ClN2O7. The average Bonchev–Trinajstić information content (AvgIpc) is 2.59. The van der Waals surface area contributed by atoms with Gasteiger partial charge in [0.2, 0.25) is 0 Å². The van der Waals surface area contributed by atoms with E-state index in [2.05, 4.69) is 5.32 Å². The van der Waals surface area contributed by atoms with Crippen molar-refractivity contribution in [1.29, 1.82) is 0 Å². The Labute approximate surface area is 152 Å². The fraction of sp³-hybridized carbons (Fsp3) is 0.125. The van der Waals surface area contributed by atoms with Crippen LogP contribution < -0.4 is 10.1 Å². The molecule has 0 aromatic heterocycles. The van der Waals surface area contributed by atoms with Crippen LogP contribution in [0, 0.1) is 10.1 Å². The molecule has 0 aliphatic heterocycles. The molecule has 2 aromatic carbocycles. The summed E-state index contributed by atoms with van der Waals surface area (Å²) in [6.07, 6.45) is 0. The maximum atomic E-state index is 11.9. The Morgan fingerprint density at radius 2 is 2.00 bits per heavy atom. The number of nitrogens with one attached hydrogen (secondary N) is 1. The number of rotatable bonds is 6. The van der Waals surface area contributed by atoms with Gasteiger partial charge in [0.15, 0.2) is 6.61 Å². The summed E-state index contributed by atoms with van der Waals surface area (Å²) in [4.78, 5) is 33.9. The van der Waals surface area contributed by atoms with E-state index in [0.717, 1.165) is 6.07 Å². The molecule has 1 amide bonds. The summed E-state index contributed by atoms with van der Waals surface area (Å²) < 4.78 is 9.80. The van der Waals surface area contributed by atoms with Gasteiger partial charge in [-0.3, -0.25) is 14.9 Å². The maximum Gasteiger partial charge on any atom is 0.342 e. The summed E-state index contributed by atoms with van der Waals surface area (Å²) >= 11 is 5.67. The number of amides is 1. The second-order valence-electron chi connectivity index (χ2n) is 4.93. The molecule has 0 heterocycles. The summed E-state index contributed by atoms with van der Waals surface area (Å²) in [6.45, 7) is -0.638. The third-order valence-corrected chi connectivity index (χ3v) is 3.42. The Morgan fingerprint density at radius 3 is 2.62 bits per heavy atom. The molecule has 2 aromatic rings. The number of carbonyl (C=O) groups is 2. The average molecular weight is 381 g/mol. The molecule has 0 saturated heterocycles. The van der Waals surface area contributed by atoms with Crippen LogP contribution in [0.4, 0.5) is 11.4 Å². The summed E-state index contributed by atoms with van der Waals surface area (Å²) in [7, 11) is 1.29. The van der Waals surface area contributed by atoms with Gasteiger partial charge in [-0.25, -0.2) is 4.79 Å². The highest BCUT2D eigenvalue weighted by Gasteiger charge is 2.17. The van der Waals surface area contributed by atoms with Crippen molar-refractivity contribution >= 4 is 34.9 Å². The van der Waals surface area contributed by atoms with Crippen LogP contribution in [-0.2, 0) is 9.53 Å². The van der Waals surface area contributed by atoms with Gasteiger partial charge in [0.05, 0.1) is 23.8 Å². The number of phenols is 1. The molecule has 26 heavy (non-hydrogen) atoms. The fourth-order valence-electron chi connectivity index (χ4n) is 1.97. The van der Waals surface area contributed by atoms with E-state index < -0.39 is 23.4 Å². The summed E-state index contributed by atoms with van der Waals surface area (Å²) in [5.74, 6) is -1.90. The zero-order chi connectivity index (χ0) is 19.3. The molecule has 0 spiro atoms. The zero-order valence-electron chi connectivity index (χ0n) is 13.4. The molecule has 0 radical (unpaired) electrons. The third-order valence-electron chi connectivity index (χ3n) is 3.18. The van der Waals surface area contributed by atoms with Crippen LogP contribution in [0.5, 0.6) is 11.5 Å². The number of hydrogen-bond donors (Lipinski definition) is 2. The smallest absolute Gasteiger partial charge is 0.342 e. The molecule has 0 bridgehead atoms. The lowest BCUT2D eigenvalue weighted by Crippen LogP contribution is -2.21. The highest BCUT2D eigenvalue weighted by atomic mass is 35.5. The van der Waals surface area contributed by atoms with E-state index in [1.165, 1.54) is 37.4 Å². The van der Waals surface area contributed by atoms with E-state index in [0.29, 0.717) is 0 Å². The minimum absolute atomic E-state index is 0.0780. The second-order valence-corrected chi connectivity index (χ2v) is 5.36. The first kappa shape index (κ1) is 19.0. The van der Waals surface area contributed by atoms with E-state index in [1.807, 2.05) is 0 Å². The number of nitrogens with zero attached hydrogens (tertiary/aromatic N) is 1. The van der Waals surface area contributed by atoms with E-state index in [1.54, 1.807) is 0 Å². The van der Waals surface area contributed by atoms with Crippen molar-refractivity contribution in [3.63, 3.8) is 0 Å². The first-order valence-corrected chi connectivity index (χ1v) is 7.47. The van der Waals surface area contributed by atoms with Crippen LogP contribution in [0.25, 0.3) is 0 Å². The molecule has 0 aliphatic rings. The van der Waals surface area contributed by atoms with Gasteiger partial charge >= 0.3 is 5.97 Å². The number of anilines is 1. The van der Waals surface area contributed by atoms with Gasteiger partial charge in [-0.1, -0.05) is 11.6 Å². The maximum absolute atomic E-state index is 11.9. The Kier molecular flexibility index (Phi) is 5.97. The Morgan fingerprint density at radius 1 is 1.27 bits per heavy atom. The number of carbonyl (C=O) groups excluding carboxylic acids is 2. The van der Waals surface area contributed by atoms with E-state index in [9.17, 15) is 24.8 Å². The largest absolute Gasteiger partial charge is 0.507 e. The van der Waals surface area contributed by atoms with Crippen molar-refractivity contribution in [1.82, 2.24) is 0 Å². The molecule has 0 aliphatic carbocycles. The van der Waals surface area contributed by atoms with Crippen LogP contribution in [0.2, 0.25) is 5.02 Å². The van der Waals surface area contributed by atoms with Gasteiger partial charge in [0.25, 0.3) is 11.6 Å². The van der Waals surface area contributed by atoms with Crippen molar-refractivity contribution < 1.29 is 29.1 Å². The molecule has 9 nitrogen and oxygen atoms in total. The lowest BCUT2D eigenvalue weighted by molar-refractivity contribution is -0.384. The number of hydrogen-bond acceptors (Lipinski definition) is 7. The summed E-state index contributed by atoms with van der Waals surface area (Å²) in [5, 5.41) is 23.0. The Hall–Kier alpha value is -3.33. The number of halogens is 1. The molecule has 0 saturated carbocycles. The van der Waals surface area contributed by atoms with Crippen molar-refractivity contribution in [3.05, 3.63) is 57.1 Å². The van der Waals surface area contributed by atoms with Crippen LogP contribution in [0.15, 0.2) is 36.4 Å². The SMILES string of the molecule is COc1cc([N+](=O)[O-])ccc1NC(=O)COC(=O)c1ccc(Cl)cc1O. The predicted octanol–water partition coefficient (Wildman–Crippen LogP) is 2.76. The van der Waals surface area contributed by atoms with E-state index >= 15 is 0 Å². The van der Waals surface area contributed by atoms with Crippen LogP contribution in [0.3, 0.4) is 0 Å². The quantitative estimate of drug-likeness (QED) is 0.448. The second kappa shape index (κ2) is 8.17. The van der Waals surface area contributed by atoms with Gasteiger partial charge in [-0.2, -0.15) is 0 Å². The number of esters is 1. The lowest BCUT2D eigenvalue weighted by atomic mass is 10.2. The molecule has 2 rings (SSSR count). The molecule has 10 heteroatoms. The van der Waals surface area contributed by atoms with Gasteiger partial charge < -0.3 is 19.9 Å². The minimum Gasteiger partial charge on any atom is -0.507 e. The first-order valence-electron chi connectivity index (χ1n) is 7.09. The highest BCUT2D eigenvalue weighted by Crippen LogP contribution is 2.29. The van der Waals surface area contributed by atoms with Crippen molar-refractivity contribution in [2.24, 2.45) is 0 Å². The molecular weight excluding hydrogens is 368 g/mol.